The molecule has 11 heteroatoms. The van der Waals surface area contributed by atoms with Crippen molar-refractivity contribution in [2.24, 2.45) is 0 Å². The van der Waals surface area contributed by atoms with Crippen LogP contribution in [0.15, 0.2) is 78.9 Å². The first-order chi connectivity index (χ1) is 25.3. The van der Waals surface area contributed by atoms with E-state index in [1.165, 1.54) is 0 Å². The quantitative estimate of drug-likeness (QED) is 0.0430. The van der Waals surface area contributed by atoms with Crippen molar-refractivity contribution in [3.05, 3.63) is 118 Å². The molecule has 4 aromatic carbocycles. The number of phenolic OH excluding ortho intramolecular Hbond substituents is 2. The molecule has 53 heavy (non-hydrogen) atoms. The molecule has 0 saturated heterocycles. The fraction of sp³-hybridized carbons (Fsp3) is 0.238. The normalized spacial score (nSPS) is 11.8. The minimum atomic E-state index is -1.23. The molecule has 0 aromatic heterocycles. The van der Waals surface area contributed by atoms with E-state index >= 15 is 0 Å². The Morgan fingerprint density at radius 3 is 1.77 bits per heavy atom. The third-order valence-electron chi connectivity index (χ3n) is 8.19. The lowest BCUT2D eigenvalue weighted by Crippen LogP contribution is -2.32. The molecule has 0 heterocycles. The minimum absolute atomic E-state index is 0.0222. The van der Waals surface area contributed by atoms with Gasteiger partial charge in [-0.2, -0.15) is 0 Å². The average molecular weight is 722 g/mol. The highest BCUT2D eigenvalue weighted by Crippen LogP contribution is 2.39. The van der Waals surface area contributed by atoms with E-state index < -0.39 is 30.5 Å². The summed E-state index contributed by atoms with van der Waals surface area (Å²) in [5.74, 6) is -3.04. The van der Waals surface area contributed by atoms with Gasteiger partial charge in [0.15, 0.2) is 0 Å². The number of aromatic hydroxyl groups is 2. The van der Waals surface area contributed by atoms with Crippen LogP contribution >= 0.6 is 0 Å². The largest absolute Gasteiger partial charge is 0.507 e. The van der Waals surface area contributed by atoms with E-state index in [2.05, 4.69) is 5.32 Å². The fourth-order valence-electron chi connectivity index (χ4n) is 5.71. The predicted octanol–water partition coefficient (Wildman–Crippen LogP) is 8.24. The summed E-state index contributed by atoms with van der Waals surface area (Å²) in [4.78, 5) is 46.7. The second-order valence-corrected chi connectivity index (χ2v) is 12.8. The van der Waals surface area contributed by atoms with Gasteiger partial charge in [0, 0.05) is 24.0 Å². The van der Waals surface area contributed by atoms with Gasteiger partial charge >= 0.3 is 24.0 Å². The summed E-state index contributed by atoms with van der Waals surface area (Å²) in [5, 5.41) is 41.9. The van der Waals surface area contributed by atoms with Crippen molar-refractivity contribution >= 4 is 48.3 Å². The monoisotopic (exact) mass is 721 g/mol. The average Bonchev–Trinajstić information content (AvgIpc) is 3.09. The Hall–Kier alpha value is -6.36. The molecule has 1 unspecified atom stereocenters. The topological polar surface area (TPSA) is 180 Å². The van der Waals surface area contributed by atoms with Crippen LogP contribution in [0.5, 0.6) is 23.0 Å². The number of carboxylic acid groups (broad SMARTS) is 2. The van der Waals surface area contributed by atoms with Crippen LogP contribution in [0.25, 0.3) is 24.3 Å². The summed E-state index contributed by atoms with van der Waals surface area (Å²) in [7, 11) is 0. The summed E-state index contributed by atoms with van der Waals surface area (Å²) >= 11 is 0. The van der Waals surface area contributed by atoms with Gasteiger partial charge in [-0.25, -0.2) is 4.79 Å². The number of carbonyl (C=O) groups excluding carboxylic acids is 2. The first kappa shape index (κ1) is 39.4. The zero-order valence-electron chi connectivity index (χ0n) is 29.7. The van der Waals surface area contributed by atoms with Crippen molar-refractivity contribution in [2.75, 3.05) is 6.54 Å². The Morgan fingerprint density at radius 2 is 1.21 bits per heavy atom. The molecule has 0 aliphatic rings. The second-order valence-electron chi connectivity index (χ2n) is 12.8. The van der Waals surface area contributed by atoms with Crippen molar-refractivity contribution in [1.29, 1.82) is 0 Å². The van der Waals surface area contributed by atoms with Crippen molar-refractivity contribution in [2.45, 2.75) is 58.3 Å². The number of aliphatic carboxylic acids is 2. The van der Waals surface area contributed by atoms with Crippen LogP contribution in [0.3, 0.4) is 0 Å². The van der Waals surface area contributed by atoms with Gasteiger partial charge in [0.1, 0.15) is 29.5 Å². The van der Waals surface area contributed by atoms with Crippen molar-refractivity contribution in [3.8, 4) is 23.0 Å². The summed E-state index contributed by atoms with van der Waals surface area (Å²) in [5.41, 5.74) is 4.74. The Bertz CT molecular complexity index is 1980. The number of esters is 1. The predicted molar refractivity (Wildman–Crippen MR) is 202 cm³/mol. The Balaban J connectivity index is 1.51. The van der Waals surface area contributed by atoms with Gasteiger partial charge in [-0.3, -0.25) is 14.4 Å². The van der Waals surface area contributed by atoms with Gasteiger partial charge in [0.25, 0.3) is 0 Å². The number of amides is 1. The van der Waals surface area contributed by atoms with Gasteiger partial charge in [-0.05, 0) is 76.8 Å². The van der Waals surface area contributed by atoms with Gasteiger partial charge in [0.05, 0.1) is 0 Å². The van der Waals surface area contributed by atoms with Gasteiger partial charge in [-0.1, -0.05) is 99.7 Å². The van der Waals surface area contributed by atoms with Crippen molar-refractivity contribution < 1.29 is 49.1 Å². The van der Waals surface area contributed by atoms with Crippen LogP contribution in [0.2, 0.25) is 0 Å². The van der Waals surface area contributed by atoms with E-state index in [-0.39, 0.29) is 54.1 Å². The molecule has 0 aliphatic heterocycles. The van der Waals surface area contributed by atoms with E-state index in [9.17, 15) is 29.4 Å². The molecule has 0 radical (unpaired) electrons. The highest BCUT2D eigenvalue weighted by Gasteiger charge is 2.21. The van der Waals surface area contributed by atoms with Crippen LogP contribution in [0, 0.1) is 0 Å². The van der Waals surface area contributed by atoms with Crippen molar-refractivity contribution in [1.82, 2.24) is 5.32 Å². The molecular weight excluding hydrogens is 678 g/mol. The summed E-state index contributed by atoms with van der Waals surface area (Å²) in [6.07, 6.45) is 6.67. The highest BCUT2D eigenvalue weighted by atomic mass is 16.6. The number of ether oxygens (including phenoxy) is 2. The molecule has 0 saturated carbocycles. The lowest BCUT2D eigenvalue weighted by Gasteiger charge is -2.19. The summed E-state index contributed by atoms with van der Waals surface area (Å²) < 4.78 is 11.1. The SMILES string of the molecule is CC(C)c1c(O)cc(/C=C/c2ccc(CC(C)c3c(O)cc(/C=C/c4ccccc4)cc3OC(=O)NCC(=O)O)cc2)cc1OC(=O)CCCC(=O)O. The van der Waals surface area contributed by atoms with E-state index in [1.54, 1.807) is 36.4 Å². The number of phenols is 2. The van der Waals surface area contributed by atoms with Gasteiger partial charge in [0.2, 0.25) is 0 Å². The summed E-state index contributed by atoms with van der Waals surface area (Å²) in [6.45, 7) is 4.99. The molecule has 0 bridgehead atoms. The van der Waals surface area contributed by atoms with Crippen LogP contribution in [-0.2, 0) is 20.8 Å². The van der Waals surface area contributed by atoms with Gasteiger partial charge < -0.3 is 35.2 Å². The van der Waals surface area contributed by atoms with E-state index in [0.717, 1.165) is 16.7 Å². The first-order valence-corrected chi connectivity index (χ1v) is 17.1. The number of nitrogens with one attached hydrogen (secondary N) is 1. The number of hydrogen-bond donors (Lipinski definition) is 5. The fourth-order valence-corrected chi connectivity index (χ4v) is 5.71. The second kappa shape index (κ2) is 18.8. The number of carbonyl (C=O) groups is 4. The zero-order valence-corrected chi connectivity index (χ0v) is 29.7. The standard InChI is InChI=1S/C42H43NO10/c1-26(2)40-33(44)21-31(23-35(40)52-39(50)11-7-10-37(46)47)19-15-29-12-16-30(17-13-29)20-27(3)41-34(45)22-32(18-14-28-8-5-4-6-9-28)24-36(41)53-42(51)43-25-38(48)49/h4-6,8-9,12-19,21-24,26-27,44-45H,7,10-11,20,25H2,1-3H3,(H,43,51)(H,46,47)(H,48,49)/b18-14+,19-15+. The van der Waals surface area contributed by atoms with Crippen LogP contribution < -0.4 is 14.8 Å². The van der Waals surface area contributed by atoms with Crippen LogP contribution in [-0.4, -0.2) is 51.0 Å². The zero-order chi connectivity index (χ0) is 38.5. The molecule has 1 atom stereocenters. The molecule has 4 aromatic rings. The molecule has 0 spiro atoms. The summed E-state index contributed by atoms with van der Waals surface area (Å²) in [6, 6.07) is 23.6. The molecule has 0 aliphatic carbocycles. The molecule has 11 nitrogen and oxygen atoms in total. The maximum absolute atomic E-state index is 12.5. The first-order valence-electron chi connectivity index (χ1n) is 17.1. The maximum atomic E-state index is 12.5. The molecular formula is C42H43NO10. The molecule has 276 valence electrons. The third-order valence-corrected chi connectivity index (χ3v) is 8.19. The lowest BCUT2D eigenvalue weighted by atomic mass is 9.91. The van der Waals surface area contributed by atoms with E-state index in [0.29, 0.717) is 28.7 Å². The van der Waals surface area contributed by atoms with E-state index in [4.69, 9.17) is 19.7 Å². The number of hydrogen-bond acceptors (Lipinski definition) is 8. The Labute approximate surface area is 307 Å². The Morgan fingerprint density at radius 1 is 0.660 bits per heavy atom. The maximum Gasteiger partial charge on any atom is 0.413 e. The highest BCUT2D eigenvalue weighted by molar-refractivity contribution is 5.79. The van der Waals surface area contributed by atoms with E-state index in [1.807, 2.05) is 87.5 Å². The van der Waals surface area contributed by atoms with Crippen LogP contribution in [0.4, 0.5) is 4.79 Å². The Kier molecular flexibility index (Phi) is 14.0. The smallest absolute Gasteiger partial charge is 0.413 e. The number of carboxylic acids is 2. The molecule has 1 amide bonds. The van der Waals surface area contributed by atoms with Gasteiger partial charge in [-0.15, -0.1) is 0 Å². The third kappa shape index (κ3) is 12.1. The number of rotatable bonds is 16. The van der Waals surface area contributed by atoms with Crippen LogP contribution in [0.1, 0.15) is 90.8 Å². The minimum Gasteiger partial charge on any atom is -0.507 e. The van der Waals surface area contributed by atoms with Crippen molar-refractivity contribution in [3.63, 3.8) is 0 Å². The molecule has 4 rings (SSSR count). The molecule has 5 N–H and O–H groups in total. The number of benzene rings is 4. The lowest BCUT2D eigenvalue weighted by molar-refractivity contribution is -0.138. The molecule has 0 fully saturated rings.